The van der Waals surface area contributed by atoms with E-state index in [2.05, 4.69) is 15.4 Å². The zero-order valence-electron chi connectivity index (χ0n) is 13.5. The van der Waals surface area contributed by atoms with E-state index in [0.29, 0.717) is 13.0 Å². The van der Waals surface area contributed by atoms with Crippen molar-refractivity contribution in [3.63, 3.8) is 0 Å². The first-order valence-corrected chi connectivity index (χ1v) is 7.23. The molecule has 0 aliphatic rings. The maximum Gasteiger partial charge on any atom is 0.328 e. The molecule has 1 atom stereocenters. The van der Waals surface area contributed by atoms with E-state index in [9.17, 15) is 9.59 Å². The van der Waals surface area contributed by atoms with E-state index < -0.39 is 12.0 Å². The van der Waals surface area contributed by atoms with E-state index in [1.165, 1.54) is 7.11 Å². The molecular weight excluding hydrogens is 284 g/mol. The number of methoxy groups -OCH3 is 2. The Labute approximate surface area is 131 Å². The molecule has 0 radical (unpaired) electrons. The summed E-state index contributed by atoms with van der Waals surface area (Å²) in [6.45, 7) is 4.17. The summed E-state index contributed by atoms with van der Waals surface area (Å²) in [5.74, 6) is 0.312. The van der Waals surface area contributed by atoms with E-state index in [0.717, 1.165) is 11.3 Å². The molecule has 1 rings (SSSR count). The zero-order chi connectivity index (χ0) is 16.5. The molecule has 2 amide bonds. The topological polar surface area (TPSA) is 76.7 Å². The van der Waals surface area contributed by atoms with Gasteiger partial charge in [0.1, 0.15) is 11.8 Å². The fraction of sp³-hybridized carbons (Fsp3) is 0.500. The standard InChI is InChI=1S/C16H24N2O4/c1-11(2)14(15(19)22-4)18-16(20)17-10-9-12-5-7-13(21-3)8-6-12/h5-8,11,14H,9-10H2,1-4H3,(H2,17,18,20)/t14-/m1/s1. The molecule has 0 aliphatic heterocycles. The number of benzene rings is 1. The van der Waals surface area contributed by atoms with Gasteiger partial charge in [-0.2, -0.15) is 0 Å². The summed E-state index contributed by atoms with van der Waals surface area (Å²) in [7, 11) is 2.92. The Bertz CT molecular complexity index is 485. The minimum Gasteiger partial charge on any atom is -0.497 e. The smallest absolute Gasteiger partial charge is 0.328 e. The lowest BCUT2D eigenvalue weighted by molar-refractivity contribution is -0.143. The third kappa shape index (κ3) is 5.63. The molecule has 0 spiro atoms. The number of hydrogen-bond acceptors (Lipinski definition) is 4. The van der Waals surface area contributed by atoms with Gasteiger partial charge in [-0.05, 0) is 30.0 Å². The average Bonchev–Trinajstić information content (AvgIpc) is 2.52. The summed E-state index contributed by atoms with van der Waals surface area (Å²) in [4.78, 5) is 23.4. The van der Waals surface area contributed by atoms with E-state index in [1.807, 2.05) is 38.1 Å². The van der Waals surface area contributed by atoms with Gasteiger partial charge in [0.25, 0.3) is 0 Å². The average molecular weight is 308 g/mol. The van der Waals surface area contributed by atoms with Gasteiger partial charge < -0.3 is 20.1 Å². The number of urea groups is 1. The van der Waals surface area contributed by atoms with Gasteiger partial charge in [-0.25, -0.2) is 9.59 Å². The molecule has 0 saturated heterocycles. The van der Waals surface area contributed by atoms with Gasteiger partial charge in [-0.1, -0.05) is 26.0 Å². The predicted octanol–water partition coefficient (Wildman–Crippen LogP) is 1.73. The van der Waals surface area contributed by atoms with Gasteiger partial charge in [0, 0.05) is 6.54 Å². The third-order valence-corrected chi connectivity index (χ3v) is 3.27. The molecular formula is C16H24N2O4. The van der Waals surface area contributed by atoms with Crippen LogP contribution in [-0.4, -0.2) is 38.8 Å². The Morgan fingerprint density at radius 2 is 1.77 bits per heavy atom. The zero-order valence-corrected chi connectivity index (χ0v) is 13.5. The van der Waals surface area contributed by atoms with Gasteiger partial charge in [0.05, 0.1) is 14.2 Å². The minimum atomic E-state index is -0.647. The van der Waals surface area contributed by atoms with Crippen LogP contribution in [-0.2, 0) is 16.0 Å². The third-order valence-electron chi connectivity index (χ3n) is 3.27. The van der Waals surface area contributed by atoms with Crippen molar-refractivity contribution in [1.29, 1.82) is 0 Å². The maximum absolute atomic E-state index is 11.8. The van der Waals surface area contributed by atoms with E-state index in [-0.39, 0.29) is 11.9 Å². The van der Waals surface area contributed by atoms with E-state index in [4.69, 9.17) is 4.74 Å². The monoisotopic (exact) mass is 308 g/mol. The molecule has 122 valence electrons. The molecule has 0 aromatic heterocycles. The predicted molar refractivity (Wildman–Crippen MR) is 83.9 cm³/mol. The number of rotatable bonds is 7. The first-order valence-electron chi connectivity index (χ1n) is 7.23. The number of hydrogen-bond donors (Lipinski definition) is 2. The molecule has 0 fully saturated rings. The fourth-order valence-corrected chi connectivity index (χ4v) is 1.93. The van der Waals surface area contributed by atoms with Crippen molar-refractivity contribution in [2.75, 3.05) is 20.8 Å². The lowest BCUT2D eigenvalue weighted by atomic mass is 10.1. The number of ether oxygens (including phenoxy) is 2. The summed E-state index contributed by atoms with van der Waals surface area (Å²) in [6.07, 6.45) is 0.696. The second-order valence-corrected chi connectivity index (χ2v) is 5.24. The van der Waals surface area contributed by atoms with Crippen molar-refractivity contribution >= 4 is 12.0 Å². The highest BCUT2D eigenvalue weighted by Crippen LogP contribution is 2.11. The summed E-state index contributed by atoms with van der Waals surface area (Å²) in [5.41, 5.74) is 1.09. The molecule has 6 nitrogen and oxygen atoms in total. The van der Waals surface area contributed by atoms with Gasteiger partial charge in [0.15, 0.2) is 0 Å². The summed E-state index contributed by atoms with van der Waals surface area (Å²) in [6, 6.07) is 6.62. The second-order valence-electron chi connectivity index (χ2n) is 5.24. The van der Waals surface area contributed by atoms with Crippen LogP contribution in [0.5, 0.6) is 5.75 Å². The molecule has 0 bridgehead atoms. The molecule has 0 aliphatic carbocycles. The van der Waals surface area contributed by atoms with Gasteiger partial charge in [-0.3, -0.25) is 0 Å². The van der Waals surface area contributed by atoms with Crippen molar-refractivity contribution in [3.8, 4) is 5.75 Å². The number of amides is 2. The van der Waals surface area contributed by atoms with Crippen LogP contribution >= 0.6 is 0 Å². The van der Waals surface area contributed by atoms with Crippen LogP contribution in [0.4, 0.5) is 4.79 Å². The fourth-order valence-electron chi connectivity index (χ4n) is 1.93. The van der Waals surface area contributed by atoms with Crippen LogP contribution in [0.25, 0.3) is 0 Å². The Hall–Kier alpha value is -2.24. The summed E-state index contributed by atoms with van der Waals surface area (Å²) in [5, 5.41) is 5.36. The Morgan fingerprint density at radius 3 is 2.27 bits per heavy atom. The molecule has 0 saturated carbocycles. The molecule has 0 unspecified atom stereocenters. The van der Waals surface area contributed by atoms with Crippen molar-refractivity contribution in [2.24, 2.45) is 5.92 Å². The highest BCUT2D eigenvalue weighted by Gasteiger charge is 2.24. The van der Waals surface area contributed by atoms with E-state index >= 15 is 0 Å². The maximum atomic E-state index is 11.8. The lowest BCUT2D eigenvalue weighted by Crippen LogP contribution is -2.49. The van der Waals surface area contributed by atoms with Crippen LogP contribution in [0.2, 0.25) is 0 Å². The molecule has 2 N–H and O–H groups in total. The minimum absolute atomic E-state index is 0.0419. The van der Waals surface area contributed by atoms with Gasteiger partial charge in [-0.15, -0.1) is 0 Å². The van der Waals surface area contributed by atoms with Crippen LogP contribution in [0.1, 0.15) is 19.4 Å². The van der Waals surface area contributed by atoms with Crippen LogP contribution in [0.15, 0.2) is 24.3 Å². The molecule has 6 heteroatoms. The summed E-state index contributed by atoms with van der Waals surface area (Å²) < 4.78 is 9.76. The Kier molecular flexibility index (Phi) is 7.22. The second kappa shape index (κ2) is 8.92. The van der Waals surface area contributed by atoms with Crippen LogP contribution < -0.4 is 15.4 Å². The number of carbonyl (C=O) groups is 2. The van der Waals surface area contributed by atoms with Crippen LogP contribution in [0.3, 0.4) is 0 Å². The number of nitrogens with one attached hydrogen (secondary N) is 2. The SMILES string of the molecule is COC(=O)[C@H](NC(=O)NCCc1ccc(OC)cc1)C(C)C. The first kappa shape index (κ1) is 17.8. The van der Waals surface area contributed by atoms with Crippen LogP contribution in [0, 0.1) is 5.92 Å². The highest BCUT2D eigenvalue weighted by molar-refractivity contribution is 5.83. The Balaban J connectivity index is 2.40. The Morgan fingerprint density at radius 1 is 1.14 bits per heavy atom. The van der Waals surface area contributed by atoms with E-state index in [1.54, 1.807) is 7.11 Å². The van der Waals surface area contributed by atoms with Gasteiger partial charge in [0.2, 0.25) is 0 Å². The number of esters is 1. The normalized spacial score (nSPS) is 11.7. The van der Waals surface area contributed by atoms with Gasteiger partial charge >= 0.3 is 12.0 Å². The largest absolute Gasteiger partial charge is 0.497 e. The highest BCUT2D eigenvalue weighted by atomic mass is 16.5. The molecule has 1 aromatic carbocycles. The first-order chi connectivity index (χ1) is 10.5. The van der Waals surface area contributed by atoms with Crippen molar-refractivity contribution < 1.29 is 19.1 Å². The number of carbonyl (C=O) groups excluding carboxylic acids is 2. The summed E-state index contributed by atoms with van der Waals surface area (Å²) >= 11 is 0. The lowest BCUT2D eigenvalue weighted by Gasteiger charge is -2.20. The van der Waals surface area contributed by atoms with Crippen molar-refractivity contribution in [3.05, 3.63) is 29.8 Å². The molecule has 0 heterocycles. The quantitative estimate of drug-likeness (QED) is 0.752. The molecule has 1 aromatic rings. The molecule has 22 heavy (non-hydrogen) atoms. The van der Waals surface area contributed by atoms with Crippen molar-refractivity contribution in [2.45, 2.75) is 26.3 Å². The van der Waals surface area contributed by atoms with Crippen molar-refractivity contribution in [1.82, 2.24) is 10.6 Å².